The number of nitrogens with zero attached hydrogens (tertiary/aromatic N) is 2. The third-order valence-corrected chi connectivity index (χ3v) is 5.93. The smallest absolute Gasteiger partial charge is 0.259 e. The number of nitrogens with one attached hydrogen (secondary N) is 1. The number of benzene rings is 2. The minimum atomic E-state index is -0.863. The third kappa shape index (κ3) is 4.92. The Balaban J connectivity index is 1.51. The van der Waals surface area contributed by atoms with Crippen molar-refractivity contribution in [3.63, 3.8) is 0 Å². The molecule has 0 aliphatic carbocycles. The van der Waals surface area contributed by atoms with Crippen molar-refractivity contribution in [3.8, 4) is 0 Å². The molecule has 1 saturated heterocycles. The summed E-state index contributed by atoms with van der Waals surface area (Å²) in [7, 11) is 0. The van der Waals surface area contributed by atoms with E-state index in [-0.39, 0.29) is 11.8 Å². The first-order chi connectivity index (χ1) is 15.8. The molecule has 0 unspecified atom stereocenters. The zero-order valence-electron chi connectivity index (χ0n) is 18.6. The summed E-state index contributed by atoms with van der Waals surface area (Å²) in [6, 6.07) is 14.5. The maximum absolute atomic E-state index is 14.0. The SMILES string of the molecule is Cc1cccc(NC(=O)c2ccc(C)nc2C2CCN(C(=O)c3c(F)cccc3F)CC2)c1. The van der Waals surface area contributed by atoms with E-state index in [4.69, 9.17) is 0 Å². The number of hydrogen-bond donors (Lipinski definition) is 1. The second kappa shape index (κ2) is 9.48. The number of likely N-dealkylation sites (tertiary alicyclic amines) is 1. The Bertz CT molecular complexity index is 1180. The van der Waals surface area contributed by atoms with Gasteiger partial charge in [-0.3, -0.25) is 14.6 Å². The van der Waals surface area contributed by atoms with E-state index in [1.807, 2.05) is 38.1 Å². The zero-order valence-corrected chi connectivity index (χ0v) is 18.6. The van der Waals surface area contributed by atoms with Crippen LogP contribution in [0.2, 0.25) is 0 Å². The van der Waals surface area contributed by atoms with Crippen LogP contribution in [0.25, 0.3) is 0 Å². The second-order valence-electron chi connectivity index (χ2n) is 8.37. The highest BCUT2D eigenvalue weighted by molar-refractivity contribution is 6.05. The van der Waals surface area contributed by atoms with E-state index in [2.05, 4.69) is 10.3 Å². The Hall–Kier alpha value is -3.61. The van der Waals surface area contributed by atoms with Gasteiger partial charge in [0.1, 0.15) is 17.2 Å². The van der Waals surface area contributed by atoms with E-state index in [0.717, 1.165) is 23.4 Å². The van der Waals surface area contributed by atoms with Crippen molar-refractivity contribution in [1.29, 1.82) is 0 Å². The van der Waals surface area contributed by atoms with Crippen LogP contribution in [0.5, 0.6) is 0 Å². The highest BCUT2D eigenvalue weighted by Crippen LogP contribution is 2.31. The molecule has 0 atom stereocenters. The molecule has 2 heterocycles. The van der Waals surface area contributed by atoms with E-state index in [1.54, 1.807) is 12.1 Å². The van der Waals surface area contributed by atoms with Crippen molar-refractivity contribution < 1.29 is 18.4 Å². The number of pyridine rings is 1. The lowest BCUT2D eigenvalue weighted by atomic mass is 9.89. The number of halogens is 2. The van der Waals surface area contributed by atoms with Crippen molar-refractivity contribution in [3.05, 3.63) is 94.3 Å². The van der Waals surface area contributed by atoms with Crippen LogP contribution in [0, 0.1) is 25.5 Å². The van der Waals surface area contributed by atoms with Gasteiger partial charge in [-0.2, -0.15) is 0 Å². The molecule has 0 radical (unpaired) electrons. The summed E-state index contributed by atoms with van der Waals surface area (Å²) in [5, 5.41) is 2.93. The molecule has 0 spiro atoms. The molecular weight excluding hydrogens is 424 g/mol. The highest BCUT2D eigenvalue weighted by atomic mass is 19.1. The number of rotatable bonds is 4. The number of aryl methyl sites for hydroxylation is 2. The molecular formula is C26H25F2N3O2. The molecule has 0 bridgehead atoms. The van der Waals surface area contributed by atoms with Gasteiger partial charge in [0.25, 0.3) is 11.8 Å². The first kappa shape index (κ1) is 22.6. The Morgan fingerprint density at radius 1 is 0.970 bits per heavy atom. The summed E-state index contributed by atoms with van der Waals surface area (Å²) in [6.07, 6.45) is 1.09. The lowest BCUT2D eigenvalue weighted by Crippen LogP contribution is -2.39. The number of hydrogen-bond acceptors (Lipinski definition) is 3. The molecule has 1 aliphatic heterocycles. The van der Waals surface area contributed by atoms with E-state index in [9.17, 15) is 18.4 Å². The summed E-state index contributed by atoms with van der Waals surface area (Å²) >= 11 is 0. The fraction of sp³-hybridized carbons (Fsp3) is 0.269. The van der Waals surface area contributed by atoms with Crippen LogP contribution in [-0.4, -0.2) is 34.8 Å². The molecule has 3 aromatic rings. The van der Waals surface area contributed by atoms with Crippen molar-refractivity contribution >= 4 is 17.5 Å². The van der Waals surface area contributed by atoms with Crippen LogP contribution >= 0.6 is 0 Å². The van der Waals surface area contributed by atoms with Gasteiger partial charge in [0.2, 0.25) is 0 Å². The minimum absolute atomic E-state index is 0.0438. The van der Waals surface area contributed by atoms with Gasteiger partial charge in [-0.1, -0.05) is 18.2 Å². The molecule has 1 aliphatic rings. The molecule has 5 nitrogen and oxygen atoms in total. The Morgan fingerprint density at radius 2 is 1.64 bits per heavy atom. The van der Waals surface area contributed by atoms with Gasteiger partial charge in [-0.15, -0.1) is 0 Å². The van der Waals surface area contributed by atoms with E-state index >= 15 is 0 Å². The number of piperidine rings is 1. The van der Waals surface area contributed by atoms with Crippen molar-refractivity contribution in [1.82, 2.24) is 9.88 Å². The lowest BCUT2D eigenvalue weighted by molar-refractivity contribution is 0.0701. The van der Waals surface area contributed by atoms with Gasteiger partial charge in [0, 0.05) is 30.4 Å². The van der Waals surface area contributed by atoms with Crippen LogP contribution in [0.15, 0.2) is 54.6 Å². The van der Waals surface area contributed by atoms with Gasteiger partial charge in [-0.25, -0.2) is 8.78 Å². The molecule has 33 heavy (non-hydrogen) atoms. The van der Waals surface area contributed by atoms with Crippen LogP contribution in [0.3, 0.4) is 0 Å². The number of carbonyl (C=O) groups is 2. The summed E-state index contributed by atoms with van der Waals surface area (Å²) < 4.78 is 28.1. The van der Waals surface area contributed by atoms with Gasteiger partial charge >= 0.3 is 0 Å². The highest BCUT2D eigenvalue weighted by Gasteiger charge is 2.30. The summed E-state index contributed by atoms with van der Waals surface area (Å²) in [5.74, 6) is -2.67. The molecule has 2 amide bonds. The van der Waals surface area contributed by atoms with Gasteiger partial charge < -0.3 is 10.2 Å². The average Bonchev–Trinajstić information content (AvgIpc) is 2.79. The van der Waals surface area contributed by atoms with Gasteiger partial charge in [0.05, 0.1) is 11.3 Å². The fourth-order valence-corrected chi connectivity index (χ4v) is 4.22. The second-order valence-corrected chi connectivity index (χ2v) is 8.37. The third-order valence-electron chi connectivity index (χ3n) is 5.93. The minimum Gasteiger partial charge on any atom is -0.338 e. The first-order valence-electron chi connectivity index (χ1n) is 10.9. The topological polar surface area (TPSA) is 62.3 Å². The maximum atomic E-state index is 14.0. The summed E-state index contributed by atoms with van der Waals surface area (Å²) in [5.41, 5.74) is 3.19. The number of amides is 2. The molecule has 2 aromatic carbocycles. The average molecular weight is 450 g/mol. The zero-order chi connectivity index (χ0) is 23.5. The largest absolute Gasteiger partial charge is 0.338 e. The van der Waals surface area contributed by atoms with Crippen molar-refractivity contribution in [2.45, 2.75) is 32.6 Å². The predicted molar refractivity (Wildman–Crippen MR) is 122 cm³/mol. The van der Waals surface area contributed by atoms with Crippen LogP contribution in [0.1, 0.15) is 56.4 Å². The monoisotopic (exact) mass is 449 g/mol. The summed E-state index contributed by atoms with van der Waals surface area (Å²) in [4.78, 5) is 31.9. The first-order valence-corrected chi connectivity index (χ1v) is 10.9. The van der Waals surface area contributed by atoms with Crippen LogP contribution in [0.4, 0.5) is 14.5 Å². The maximum Gasteiger partial charge on any atom is 0.259 e. The quantitative estimate of drug-likeness (QED) is 0.592. The Labute approximate surface area is 191 Å². The Kier molecular flexibility index (Phi) is 6.49. The fourth-order valence-electron chi connectivity index (χ4n) is 4.22. The van der Waals surface area contributed by atoms with E-state index in [0.29, 0.717) is 42.9 Å². The normalized spacial score (nSPS) is 14.2. The van der Waals surface area contributed by atoms with Crippen LogP contribution in [-0.2, 0) is 0 Å². The summed E-state index contributed by atoms with van der Waals surface area (Å²) in [6.45, 7) is 4.47. The number of carbonyl (C=O) groups excluding carboxylic acids is 2. The Morgan fingerprint density at radius 3 is 2.30 bits per heavy atom. The number of anilines is 1. The van der Waals surface area contributed by atoms with E-state index in [1.165, 1.54) is 11.0 Å². The van der Waals surface area contributed by atoms with Crippen molar-refractivity contribution in [2.75, 3.05) is 18.4 Å². The molecule has 170 valence electrons. The predicted octanol–water partition coefficient (Wildman–Crippen LogP) is 5.25. The molecule has 1 aromatic heterocycles. The van der Waals surface area contributed by atoms with Crippen LogP contribution < -0.4 is 5.32 Å². The molecule has 0 saturated carbocycles. The number of aromatic nitrogens is 1. The van der Waals surface area contributed by atoms with Crippen molar-refractivity contribution in [2.24, 2.45) is 0 Å². The lowest BCUT2D eigenvalue weighted by Gasteiger charge is -2.32. The molecule has 1 fully saturated rings. The van der Waals surface area contributed by atoms with E-state index < -0.39 is 23.1 Å². The standard InChI is InChI=1S/C26H25F2N3O2/c1-16-5-3-6-19(15-16)30-25(32)20-10-9-17(2)29-24(20)18-11-13-31(14-12-18)26(33)23-21(27)7-4-8-22(23)28/h3-10,15,18H,11-14H2,1-2H3,(H,30,32). The molecule has 4 rings (SSSR count). The molecule has 1 N–H and O–H groups in total. The van der Waals surface area contributed by atoms with Gasteiger partial charge in [0.15, 0.2) is 0 Å². The molecule has 7 heteroatoms. The van der Waals surface area contributed by atoms with Gasteiger partial charge in [-0.05, 0) is 68.7 Å².